The van der Waals surface area contributed by atoms with E-state index < -0.39 is 0 Å². The zero-order valence-electron chi connectivity index (χ0n) is 12.2. The Morgan fingerprint density at radius 1 is 1.26 bits per heavy atom. The fraction of sp³-hybridized carbons (Fsp3) is 0.571. The second-order valence-corrected chi connectivity index (χ2v) is 4.65. The van der Waals surface area contributed by atoms with Crippen molar-refractivity contribution in [2.45, 2.75) is 53.8 Å². The molecule has 0 radical (unpaired) electrons. The third-order valence-corrected chi connectivity index (χ3v) is 3.23. The van der Waals surface area contributed by atoms with E-state index in [-0.39, 0.29) is 0 Å². The first-order valence-electron chi connectivity index (χ1n) is 6.83. The summed E-state index contributed by atoms with van der Waals surface area (Å²) in [6.07, 6.45) is 0.970. The number of oxazole rings is 1. The number of hydrogen-bond donors (Lipinski definition) is 1. The minimum atomic E-state index is 0.644. The molecule has 104 valence electrons. The van der Waals surface area contributed by atoms with Crippen molar-refractivity contribution >= 4 is 0 Å². The van der Waals surface area contributed by atoms with Gasteiger partial charge in [-0.25, -0.2) is 4.98 Å². The molecule has 1 N–H and O–H groups in total. The molecule has 0 unspecified atom stereocenters. The number of nitrogens with one attached hydrogen (secondary N) is 1. The highest BCUT2D eigenvalue weighted by Crippen LogP contribution is 2.09. The van der Waals surface area contributed by atoms with Crippen LogP contribution in [-0.4, -0.2) is 14.8 Å². The van der Waals surface area contributed by atoms with Gasteiger partial charge in [0.15, 0.2) is 0 Å². The Bertz CT molecular complexity index is 522. The van der Waals surface area contributed by atoms with Crippen LogP contribution in [0.3, 0.4) is 0 Å². The van der Waals surface area contributed by atoms with Crippen LogP contribution in [0.25, 0.3) is 0 Å². The summed E-state index contributed by atoms with van der Waals surface area (Å²) in [6.45, 7) is 10.4. The zero-order valence-corrected chi connectivity index (χ0v) is 12.2. The Balaban J connectivity index is 1.93. The van der Waals surface area contributed by atoms with Gasteiger partial charge in [0.2, 0.25) is 5.89 Å². The molecule has 0 atom stereocenters. The lowest BCUT2D eigenvalue weighted by Crippen LogP contribution is -2.16. The Morgan fingerprint density at radius 3 is 2.63 bits per heavy atom. The summed E-state index contributed by atoms with van der Waals surface area (Å²) in [7, 11) is 0. The second-order valence-electron chi connectivity index (χ2n) is 4.65. The molecular formula is C14H22N4O. The summed E-state index contributed by atoms with van der Waals surface area (Å²) in [4.78, 5) is 4.35. The standard InChI is InChI=1S/C14H22N4O/c1-5-12-7-13(18(6-2)17-12)8-15-9-14-16-10(3)11(4)19-14/h7,15H,5-6,8-9H2,1-4H3. The van der Waals surface area contributed by atoms with Gasteiger partial charge in [-0.3, -0.25) is 4.68 Å². The van der Waals surface area contributed by atoms with Gasteiger partial charge in [-0.15, -0.1) is 0 Å². The smallest absolute Gasteiger partial charge is 0.208 e. The van der Waals surface area contributed by atoms with Gasteiger partial charge in [-0.2, -0.15) is 5.10 Å². The molecule has 2 rings (SSSR count). The maximum Gasteiger partial charge on any atom is 0.208 e. The molecule has 2 aromatic heterocycles. The van der Waals surface area contributed by atoms with E-state index in [1.54, 1.807) is 0 Å². The maximum absolute atomic E-state index is 5.54. The highest BCUT2D eigenvalue weighted by atomic mass is 16.4. The normalized spacial score (nSPS) is 11.2. The summed E-state index contributed by atoms with van der Waals surface area (Å²) in [5.41, 5.74) is 3.31. The zero-order chi connectivity index (χ0) is 13.8. The van der Waals surface area contributed by atoms with Gasteiger partial charge in [0, 0.05) is 13.1 Å². The quantitative estimate of drug-likeness (QED) is 0.868. The number of aromatic nitrogens is 3. The SMILES string of the molecule is CCc1cc(CNCc2nc(C)c(C)o2)n(CC)n1. The van der Waals surface area contributed by atoms with Crippen LogP contribution in [0.1, 0.15) is 42.6 Å². The minimum Gasteiger partial charge on any atom is -0.444 e. The van der Waals surface area contributed by atoms with E-state index in [2.05, 4.69) is 35.3 Å². The fourth-order valence-corrected chi connectivity index (χ4v) is 2.02. The molecule has 2 aromatic rings. The van der Waals surface area contributed by atoms with Crippen LogP contribution >= 0.6 is 0 Å². The van der Waals surface area contributed by atoms with E-state index in [1.807, 2.05) is 18.5 Å². The summed E-state index contributed by atoms with van der Waals surface area (Å²) < 4.78 is 7.58. The molecule has 5 nitrogen and oxygen atoms in total. The number of aryl methyl sites for hydroxylation is 4. The van der Waals surface area contributed by atoms with Gasteiger partial charge < -0.3 is 9.73 Å². The van der Waals surface area contributed by atoms with E-state index >= 15 is 0 Å². The van der Waals surface area contributed by atoms with Gasteiger partial charge in [0.1, 0.15) is 5.76 Å². The van der Waals surface area contributed by atoms with E-state index in [4.69, 9.17) is 4.42 Å². The van der Waals surface area contributed by atoms with Gasteiger partial charge in [-0.05, 0) is 33.3 Å². The average Bonchev–Trinajstić information content (AvgIpc) is 2.94. The molecular weight excluding hydrogens is 240 g/mol. The van der Waals surface area contributed by atoms with E-state index in [1.165, 1.54) is 5.69 Å². The molecule has 19 heavy (non-hydrogen) atoms. The Labute approximate surface area is 114 Å². The van der Waals surface area contributed by atoms with Crippen molar-refractivity contribution < 1.29 is 4.42 Å². The topological polar surface area (TPSA) is 55.9 Å². The lowest BCUT2D eigenvalue weighted by molar-refractivity contribution is 0.444. The average molecular weight is 262 g/mol. The second kappa shape index (κ2) is 6.02. The monoisotopic (exact) mass is 262 g/mol. The summed E-state index contributed by atoms with van der Waals surface area (Å²) in [5.74, 6) is 1.64. The third kappa shape index (κ3) is 3.23. The van der Waals surface area contributed by atoms with Crippen molar-refractivity contribution in [2.24, 2.45) is 0 Å². The Hall–Kier alpha value is -1.62. The largest absolute Gasteiger partial charge is 0.444 e. The summed E-state index contributed by atoms with van der Waals surface area (Å²) >= 11 is 0. The molecule has 0 aliphatic carbocycles. The molecule has 0 spiro atoms. The third-order valence-electron chi connectivity index (χ3n) is 3.23. The van der Waals surface area contributed by atoms with Gasteiger partial charge >= 0.3 is 0 Å². The Kier molecular flexibility index (Phi) is 4.37. The molecule has 0 fully saturated rings. The van der Waals surface area contributed by atoms with Gasteiger partial charge in [-0.1, -0.05) is 6.92 Å². The Morgan fingerprint density at radius 2 is 2.05 bits per heavy atom. The minimum absolute atomic E-state index is 0.644. The van der Waals surface area contributed by atoms with Crippen LogP contribution < -0.4 is 5.32 Å². The van der Waals surface area contributed by atoms with Crippen LogP contribution in [0.4, 0.5) is 0 Å². The van der Waals surface area contributed by atoms with Crippen molar-refractivity contribution in [3.05, 3.63) is 34.8 Å². The fourth-order valence-electron chi connectivity index (χ4n) is 2.02. The van der Waals surface area contributed by atoms with Gasteiger partial charge in [0.25, 0.3) is 0 Å². The molecule has 0 saturated carbocycles. The molecule has 0 bridgehead atoms. The van der Waals surface area contributed by atoms with Crippen LogP contribution in [-0.2, 0) is 26.1 Å². The van der Waals surface area contributed by atoms with Crippen molar-refractivity contribution in [3.8, 4) is 0 Å². The molecule has 0 aromatic carbocycles. The number of hydrogen-bond acceptors (Lipinski definition) is 4. The molecule has 0 saturated heterocycles. The number of rotatable bonds is 6. The predicted molar refractivity (Wildman–Crippen MR) is 73.8 cm³/mol. The lowest BCUT2D eigenvalue weighted by atomic mass is 10.3. The lowest BCUT2D eigenvalue weighted by Gasteiger charge is -2.04. The first-order valence-corrected chi connectivity index (χ1v) is 6.83. The molecule has 5 heteroatoms. The van der Waals surface area contributed by atoms with Crippen LogP contribution in [0.15, 0.2) is 10.5 Å². The first-order chi connectivity index (χ1) is 9.13. The van der Waals surface area contributed by atoms with Crippen molar-refractivity contribution in [2.75, 3.05) is 0 Å². The van der Waals surface area contributed by atoms with E-state index in [0.717, 1.165) is 42.5 Å². The van der Waals surface area contributed by atoms with E-state index in [9.17, 15) is 0 Å². The molecule has 2 heterocycles. The first kappa shape index (κ1) is 13.8. The van der Waals surface area contributed by atoms with Crippen molar-refractivity contribution in [3.63, 3.8) is 0 Å². The highest BCUT2D eigenvalue weighted by Gasteiger charge is 2.07. The van der Waals surface area contributed by atoms with Crippen LogP contribution in [0.2, 0.25) is 0 Å². The van der Waals surface area contributed by atoms with Crippen molar-refractivity contribution in [1.29, 1.82) is 0 Å². The summed E-state index contributed by atoms with van der Waals surface area (Å²) in [5, 5.41) is 7.88. The molecule has 0 aliphatic heterocycles. The highest BCUT2D eigenvalue weighted by molar-refractivity contribution is 5.10. The number of nitrogens with zero attached hydrogens (tertiary/aromatic N) is 3. The van der Waals surface area contributed by atoms with Crippen molar-refractivity contribution in [1.82, 2.24) is 20.1 Å². The predicted octanol–water partition coefficient (Wildman–Crippen LogP) is 2.36. The van der Waals surface area contributed by atoms with Crippen LogP contribution in [0, 0.1) is 13.8 Å². The summed E-state index contributed by atoms with van der Waals surface area (Å²) in [6, 6.07) is 2.16. The van der Waals surface area contributed by atoms with Crippen LogP contribution in [0.5, 0.6) is 0 Å². The van der Waals surface area contributed by atoms with E-state index in [0.29, 0.717) is 6.54 Å². The molecule has 0 amide bonds. The van der Waals surface area contributed by atoms with Gasteiger partial charge in [0.05, 0.1) is 23.6 Å². The maximum atomic E-state index is 5.54. The molecule has 0 aliphatic rings.